The van der Waals surface area contributed by atoms with E-state index in [1.807, 2.05) is 0 Å². The second-order valence-electron chi connectivity index (χ2n) is 4.64. The van der Waals surface area contributed by atoms with Crippen LogP contribution >= 0.6 is 11.3 Å². The minimum atomic E-state index is 0.666. The molecule has 0 amide bonds. The van der Waals surface area contributed by atoms with E-state index in [-0.39, 0.29) is 0 Å². The third-order valence-electron chi connectivity index (χ3n) is 3.36. The molecule has 0 unspecified atom stereocenters. The molecule has 18 heavy (non-hydrogen) atoms. The van der Waals surface area contributed by atoms with Crippen molar-refractivity contribution in [2.45, 2.75) is 32.2 Å². The van der Waals surface area contributed by atoms with Crippen LogP contribution in [0.2, 0.25) is 0 Å². The smallest absolute Gasteiger partial charge is 0.120 e. The van der Waals surface area contributed by atoms with Crippen LogP contribution in [0.15, 0.2) is 24.3 Å². The van der Waals surface area contributed by atoms with E-state index < -0.39 is 0 Å². The van der Waals surface area contributed by atoms with E-state index in [2.05, 4.69) is 29.7 Å². The first kappa shape index (κ1) is 11.8. The minimum absolute atomic E-state index is 0.666. The first-order valence-corrected chi connectivity index (χ1v) is 7.21. The van der Waals surface area contributed by atoms with Gasteiger partial charge in [-0.15, -0.1) is 11.3 Å². The van der Waals surface area contributed by atoms with Crippen molar-refractivity contribution in [2.75, 3.05) is 0 Å². The van der Waals surface area contributed by atoms with E-state index in [1.54, 1.807) is 11.3 Å². The molecule has 4 heteroatoms. The topological polar surface area (TPSA) is 50.9 Å². The molecule has 3 rings (SSSR count). The molecule has 1 aromatic heterocycles. The zero-order valence-corrected chi connectivity index (χ0v) is 11.1. The Kier molecular flexibility index (Phi) is 3.41. The van der Waals surface area contributed by atoms with Gasteiger partial charge in [-0.3, -0.25) is 11.3 Å². The molecule has 3 N–H and O–H groups in total. The summed E-state index contributed by atoms with van der Waals surface area (Å²) in [6, 6.07) is 6.30. The van der Waals surface area contributed by atoms with Crippen molar-refractivity contribution in [1.29, 1.82) is 0 Å². The number of hydrogen-bond donors (Lipinski definition) is 2. The minimum Gasteiger partial charge on any atom is -0.271 e. The molecule has 1 heterocycles. The van der Waals surface area contributed by atoms with Crippen LogP contribution in [0.25, 0.3) is 15.8 Å². The maximum atomic E-state index is 5.42. The van der Waals surface area contributed by atoms with Gasteiger partial charge in [0.15, 0.2) is 0 Å². The number of nitrogens with zero attached hydrogens (tertiary/aromatic N) is 1. The molecule has 1 aromatic carbocycles. The van der Waals surface area contributed by atoms with E-state index in [0.717, 1.165) is 5.52 Å². The highest BCUT2D eigenvalue weighted by atomic mass is 32.1. The first-order chi connectivity index (χ1) is 8.88. The summed E-state index contributed by atoms with van der Waals surface area (Å²) in [6.45, 7) is 0.666. The summed E-state index contributed by atoms with van der Waals surface area (Å²) in [7, 11) is 0. The second-order valence-corrected chi connectivity index (χ2v) is 5.67. The highest BCUT2D eigenvalue weighted by Gasteiger charge is 2.12. The standard InChI is InChI=1S/C14H17N3S/c15-16-9-11-7-4-8-12-13(11)17-14(18-12)10-5-2-1-3-6-10/h4-5,7-8,16H,1-3,6,9,15H2. The van der Waals surface area contributed by atoms with E-state index in [1.165, 1.54) is 46.5 Å². The summed E-state index contributed by atoms with van der Waals surface area (Å²) in [6.07, 6.45) is 7.32. The molecular weight excluding hydrogens is 242 g/mol. The summed E-state index contributed by atoms with van der Waals surface area (Å²) in [4.78, 5) is 4.81. The molecule has 3 nitrogen and oxygen atoms in total. The number of hydrazine groups is 1. The van der Waals surface area contributed by atoms with Gasteiger partial charge in [0.05, 0.1) is 10.2 Å². The van der Waals surface area contributed by atoms with E-state index in [4.69, 9.17) is 10.8 Å². The van der Waals surface area contributed by atoms with Gasteiger partial charge in [0.2, 0.25) is 0 Å². The molecule has 94 valence electrons. The number of benzene rings is 1. The number of nitrogens with one attached hydrogen (secondary N) is 1. The first-order valence-electron chi connectivity index (χ1n) is 6.40. The van der Waals surface area contributed by atoms with Gasteiger partial charge in [-0.1, -0.05) is 18.2 Å². The number of para-hydroxylation sites is 1. The molecule has 0 bridgehead atoms. The Hall–Kier alpha value is -1.23. The number of aromatic nitrogens is 1. The van der Waals surface area contributed by atoms with Crippen molar-refractivity contribution < 1.29 is 0 Å². The van der Waals surface area contributed by atoms with Crippen LogP contribution in [0.4, 0.5) is 0 Å². The monoisotopic (exact) mass is 259 g/mol. The van der Waals surface area contributed by atoms with Crippen LogP contribution in [-0.2, 0) is 6.54 Å². The zero-order valence-electron chi connectivity index (χ0n) is 10.3. The lowest BCUT2D eigenvalue weighted by atomic mass is 10.0. The number of allylic oxidation sites excluding steroid dienone is 2. The summed E-state index contributed by atoms with van der Waals surface area (Å²) in [5, 5.41) is 1.19. The van der Waals surface area contributed by atoms with Gasteiger partial charge < -0.3 is 0 Å². The van der Waals surface area contributed by atoms with Crippen molar-refractivity contribution >= 4 is 27.1 Å². The zero-order chi connectivity index (χ0) is 12.4. The highest BCUT2D eigenvalue weighted by Crippen LogP contribution is 2.33. The summed E-state index contributed by atoms with van der Waals surface area (Å²) < 4.78 is 1.25. The third-order valence-corrected chi connectivity index (χ3v) is 4.46. The largest absolute Gasteiger partial charge is 0.271 e. The molecule has 1 aliphatic carbocycles. The van der Waals surface area contributed by atoms with Crippen molar-refractivity contribution in [3.8, 4) is 0 Å². The molecule has 0 aliphatic heterocycles. The molecule has 0 fully saturated rings. The molecule has 0 saturated heterocycles. The van der Waals surface area contributed by atoms with Gasteiger partial charge in [0.25, 0.3) is 0 Å². The van der Waals surface area contributed by atoms with Gasteiger partial charge in [-0.25, -0.2) is 4.98 Å². The fourth-order valence-corrected chi connectivity index (χ4v) is 3.51. The van der Waals surface area contributed by atoms with E-state index >= 15 is 0 Å². The van der Waals surface area contributed by atoms with Crippen LogP contribution in [0.5, 0.6) is 0 Å². The summed E-state index contributed by atoms with van der Waals surface area (Å²) in [5.74, 6) is 5.42. The Morgan fingerprint density at radius 1 is 1.33 bits per heavy atom. The van der Waals surface area contributed by atoms with E-state index in [0.29, 0.717) is 6.54 Å². The Balaban J connectivity index is 2.04. The summed E-state index contributed by atoms with van der Waals surface area (Å²) >= 11 is 1.80. The number of thiazole rings is 1. The fraction of sp³-hybridized carbons (Fsp3) is 0.357. The van der Waals surface area contributed by atoms with Gasteiger partial charge >= 0.3 is 0 Å². The van der Waals surface area contributed by atoms with Crippen molar-refractivity contribution in [1.82, 2.24) is 10.4 Å². The van der Waals surface area contributed by atoms with Gasteiger partial charge in [-0.2, -0.15) is 0 Å². The predicted molar refractivity (Wildman–Crippen MR) is 77.1 cm³/mol. The lowest BCUT2D eigenvalue weighted by molar-refractivity contribution is 0.740. The molecule has 2 aromatic rings. The van der Waals surface area contributed by atoms with E-state index in [9.17, 15) is 0 Å². The summed E-state index contributed by atoms with van der Waals surface area (Å²) in [5.41, 5.74) is 6.41. The lowest BCUT2D eigenvalue weighted by Crippen LogP contribution is -2.20. The second kappa shape index (κ2) is 5.18. The molecule has 0 spiro atoms. The van der Waals surface area contributed by atoms with Crippen LogP contribution < -0.4 is 11.3 Å². The number of fused-ring (bicyclic) bond motifs is 1. The van der Waals surface area contributed by atoms with Crippen LogP contribution in [0, 0.1) is 0 Å². The third kappa shape index (κ3) is 2.19. The number of nitrogens with two attached hydrogens (primary N) is 1. The Morgan fingerprint density at radius 3 is 3.06 bits per heavy atom. The van der Waals surface area contributed by atoms with Crippen LogP contribution in [0.1, 0.15) is 36.3 Å². The Morgan fingerprint density at radius 2 is 2.28 bits per heavy atom. The maximum Gasteiger partial charge on any atom is 0.120 e. The Labute approximate surface area is 111 Å². The Bertz CT molecular complexity index is 586. The van der Waals surface area contributed by atoms with Crippen molar-refractivity contribution in [2.24, 2.45) is 5.84 Å². The number of hydrogen-bond acceptors (Lipinski definition) is 4. The highest BCUT2D eigenvalue weighted by molar-refractivity contribution is 7.19. The predicted octanol–water partition coefficient (Wildman–Crippen LogP) is 3.22. The average molecular weight is 259 g/mol. The average Bonchev–Trinajstić information content (AvgIpc) is 2.85. The lowest BCUT2D eigenvalue weighted by Gasteiger charge is -2.09. The maximum absolute atomic E-state index is 5.42. The molecule has 0 saturated carbocycles. The van der Waals surface area contributed by atoms with Gasteiger partial charge in [0, 0.05) is 6.54 Å². The van der Waals surface area contributed by atoms with Gasteiger partial charge in [-0.05, 0) is 42.9 Å². The molecule has 1 aliphatic rings. The van der Waals surface area contributed by atoms with Crippen LogP contribution in [-0.4, -0.2) is 4.98 Å². The van der Waals surface area contributed by atoms with Crippen LogP contribution in [0.3, 0.4) is 0 Å². The number of rotatable bonds is 3. The molecular formula is C14H17N3S. The van der Waals surface area contributed by atoms with Gasteiger partial charge in [0.1, 0.15) is 5.01 Å². The normalized spacial score (nSPS) is 15.9. The molecule has 0 atom stereocenters. The van der Waals surface area contributed by atoms with Crippen molar-refractivity contribution in [3.05, 3.63) is 34.8 Å². The SMILES string of the molecule is NNCc1cccc2sc(C3=CCCCC3)nc12. The molecule has 0 radical (unpaired) electrons. The fourth-order valence-electron chi connectivity index (χ4n) is 2.43. The quantitative estimate of drug-likeness (QED) is 0.657. The van der Waals surface area contributed by atoms with Crippen molar-refractivity contribution in [3.63, 3.8) is 0 Å².